The highest BCUT2D eigenvalue weighted by Crippen LogP contribution is 2.46. The summed E-state index contributed by atoms with van der Waals surface area (Å²) in [5, 5.41) is 9.77. The third-order valence-electron chi connectivity index (χ3n) is 5.31. The van der Waals surface area contributed by atoms with E-state index in [1.165, 1.54) is 57.2 Å². The maximum Gasteiger partial charge on any atom is 0.161 e. The Balaban J connectivity index is 1.59. The van der Waals surface area contributed by atoms with E-state index in [2.05, 4.69) is 4.90 Å². The lowest BCUT2D eigenvalue weighted by molar-refractivity contribution is 0.103. The fraction of sp³-hybridized carbons (Fsp3) is 0.667. The highest BCUT2D eigenvalue weighted by Gasteiger charge is 2.36. The molecule has 3 heteroatoms. The molecule has 0 aromatic heterocycles. The normalized spacial score (nSPS) is 21.8. The Hall–Kier alpha value is -1.22. The molecule has 0 atom stereocenters. The highest BCUT2D eigenvalue weighted by atomic mass is 16.5. The van der Waals surface area contributed by atoms with Gasteiger partial charge in [0.2, 0.25) is 0 Å². The van der Waals surface area contributed by atoms with Crippen LogP contribution in [-0.4, -0.2) is 29.7 Å². The lowest BCUT2D eigenvalue weighted by Gasteiger charge is -2.39. The summed E-state index contributed by atoms with van der Waals surface area (Å²) in [5.41, 5.74) is 1.92. The Bertz CT molecular complexity index is 470. The van der Waals surface area contributed by atoms with E-state index in [9.17, 15) is 5.11 Å². The first kappa shape index (κ1) is 14.7. The minimum atomic E-state index is 0.240. The van der Waals surface area contributed by atoms with E-state index in [1.807, 2.05) is 19.1 Å². The largest absolute Gasteiger partial charge is 0.504 e. The molecule has 1 N–H and O–H groups in total. The number of ether oxygens (including phenoxy) is 1. The maximum atomic E-state index is 9.77. The van der Waals surface area contributed by atoms with Crippen molar-refractivity contribution in [2.75, 3.05) is 19.7 Å². The second-order valence-corrected chi connectivity index (χ2v) is 6.72. The Kier molecular flexibility index (Phi) is 4.39. The topological polar surface area (TPSA) is 32.7 Å². The van der Waals surface area contributed by atoms with Gasteiger partial charge in [-0.05, 0) is 68.8 Å². The molecule has 0 amide bonds. The van der Waals surface area contributed by atoms with Crippen LogP contribution in [0.25, 0.3) is 0 Å². The van der Waals surface area contributed by atoms with Crippen molar-refractivity contribution in [3.05, 3.63) is 23.8 Å². The monoisotopic (exact) mass is 289 g/mol. The SMILES string of the molecule is CCOc1cc(CN2CCC3(CCCC3)CC2)ccc1O. The number of piperidine rings is 1. The van der Waals surface area contributed by atoms with Crippen LogP contribution in [0.15, 0.2) is 18.2 Å². The van der Waals surface area contributed by atoms with Crippen LogP contribution >= 0.6 is 0 Å². The van der Waals surface area contributed by atoms with Crippen LogP contribution in [0.5, 0.6) is 11.5 Å². The second-order valence-electron chi connectivity index (χ2n) is 6.72. The average Bonchev–Trinajstić information content (AvgIpc) is 2.94. The van der Waals surface area contributed by atoms with Crippen molar-refractivity contribution in [3.63, 3.8) is 0 Å². The van der Waals surface area contributed by atoms with Crippen LogP contribution in [0.1, 0.15) is 51.0 Å². The van der Waals surface area contributed by atoms with Gasteiger partial charge in [0.1, 0.15) is 0 Å². The number of nitrogens with zero attached hydrogens (tertiary/aromatic N) is 1. The van der Waals surface area contributed by atoms with Crippen molar-refractivity contribution >= 4 is 0 Å². The number of aromatic hydroxyl groups is 1. The maximum absolute atomic E-state index is 9.77. The smallest absolute Gasteiger partial charge is 0.161 e. The Morgan fingerprint density at radius 1 is 1.14 bits per heavy atom. The molecule has 1 aromatic carbocycles. The highest BCUT2D eigenvalue weighted by molar-refractivity contribution is 5.41. The molecule has 1 heterocycles. The standard InChI is InChI=1S/C18H27NO2/c1-2-21-17-13-15(5-6-16(17)20)14-19-11-9-18(10-12-19)7-3-4-8-18/h5-6,13,20H,2-4,7-12,14H2,1H3. The molecule has 21 heavy (non-hydrogen) atoms. The van der Waals surface area contributed by atoms with E-state index >= 15 is 0 Å². The first-order chi connectivity index (χ1) is 10.2. The third kappa shape index (κ3) is 3.34. The molecule has 1 spiro atoms. The number of hydrogen-bond acceptors (Lipinski definition) is 3. The van der Waals surface area contributed by atoms with Crippen molar-refractivity contribution in [1.82, 2.24) is 4.90 Å². The van der Waals surface area contributed by atoms with Gasteiger partial charge in [0, 0.05) is 6.54 Å². The number of likely N-dealkylation sites (tertiary alicyclic amines) is 1. The summed E-state index contributed by atoms with van der Waals surface area (Å²) in [6, 6.07) is 5.75. The van der Waals surface area contributed by atoms with Crippen LogP contribution in [0.2, 0.25) is 0 Å². The zero-order valence-electron chi connectivity index (χ0n) is 13.1. The minimum absolute atomic E-state index is 0.240. The summed E-state index contributed by atoms with van der Waals surface area (Å²) in [6.45, 7) is 5.92. The fourth-order valence-electron chi connectivity index (χ4n) is 4.00. The quantitative estimate of drug-likeness (QED) is 0.911. The molecule has 1 aliphatic heterocycles. The van der Waals surface area contributed by atoms with Crippen LogP contribution in [0, 0.1) is 5.41 Å². The van der Waals surface area contributed by atoms with Crippen LogP contribution in [0.3, 0.4) is 0 Å². The molecule has 3 rings (SSSR count). The summed E-state index contributed by atoms with van der Waals surface area (Å²) in [5.74, 6) is 0.850. The molecule has 116 valence electrons. The molecule has 2 aliphatic rings. The molecule has 0 radical (unpaired) electrons. The number of benzene rings is 1. The first-order valence-corrected chi connectivity index (χ1v) is 8.38. The van der Waals surface area contributed by atoms with E-state index in [-0.39, 0.29) is 5.75 Å². The molecule has 3 nitrogen and oxygen atoms in total. The summed E-state index contributed by atoms with van der Waals surface area (Å²) in [7, 11) is 0. The van der Waals surface area contributed by atoms with Crippen molar-refractivity contribution < 1.29 is 9.84 Å². The van der Waals surface area contributed by atoms with Gasteiger partial charge in [-0.2, -0.15) is 0 Å². The number of phenolic OH excluding ortho intramolecular Hbond substituents is 1. The predicted molar refractivity (Wildman–Crippen MR) is 84.7 cm³/mol. The van der Waals surface area contributed by atoms with Gasteiger partial charge in [-0.25, -0.2) is 0 Å². The molecule has 1 aromatic rings. The zero-order valence-corrected chi connectivity index (χ0v) is 13.1. The molecule has 0 unspecified atom stereocenters. The molecular weight excluding hydrogens is 262 g/mol. The van der Waals surface area contributed by atoms with Gasteiger partial charge in [0.15, 0.2) is 11.5 Å². The third-order valence-corrected chi connectivity index (χ3v) is 5.31. The van der Waals surface area contributed by atoms with Gasteiger partial charge < -0.3 is 9.84 Å². The minimum Gasteiger partial charge on any atom is -0.504 e. The van der Waals surface area contributed by atoms with Crippen molar-refractivity contribution in [3.8, 4) is 11.5 Å². The number of rotatable bonds is 4. The van der Waals surface area contributed by atoms with Crippen molar-refractivity contribution in [2.24, 2.45) is 5.41 Å². The predicted octanol–water partition coefficient (Wildman–Crippen LogP) is 3.95. The molecule has 1 saturated carbocycles. The Morgan fingerprint density at radius 3 is 2.52 bits per heavy atom. The van der Waals surface area contributed by atoms with Crippen molar-refractivity contribution in [1.29, 1.82) is 0 Å². The van der Waals surface area contributed by atoms with Crippen LogP contribution < -0.4 is 4.74 Å². The molecule has 2 fully saturated rings. The van der Waals surface area contributed by atoms with Gasteiger partial charge >= 0.3 is 0 Å². The van der Waals surface area contributed by atoms with E-state index in [4.69, 9.17) is 4.74 Å². The van der Waals surface area contributed by atoms with E-state index < -0.39 is 0 Å². The van der Waals surface area contributed by atoms with Crippen molar-refractivity contribution in [2.45, 2.75) is 52.0 Å². The van der Waals surface area contributed by atoms with Gasteiger partial charge in [-0.1, -0.05) is 18.9 Å². The lowest BCUT2D eigenvalue weighted by Crippen LogP contribution is -2.38. The van der Waals surface area contributed by atoms with E-state index in [1.54, 1.807) is 6.07 Å². The molecular formula is C18H27NO2. The van der Waals surface area contributed by atoms with Gasteiger partial charge in [0.25, 0.3) is 0 Å². The van der Waals surface area contributed by atoms with Crippen LogP contribution in [-0.2, 0) is 6.54 Å². The summed E-state index contributed by atoms with van der Waals surface area (Å²) < 4.78 is 5.47. The molecule has 0 bridgehead atoms. The first-order valence-electron chi connectivity index (χ1n) is 8.38. The second kappa shape index (κ2) is 6.27. The Labute approximate surface area is 127 Å². The fourth-order valence-corrected chi connectivity index (χ4v) is 4.00. The lowest BCUT2D eigenvalue weighted by atomic mass is 9.77. The average molecular weight is 289 g/mol. The van der Waals surface area contributed by atoms with E-state index in [0.29, 0.717) is 17.8 Å². The van der Waals surface area contributed by atoms with Gasteiger partial charge in [-0.3, -0.25) is 4.90 Å². The molecule has 1 saturated heterocycles. The number of phenols is 1. The van der Waals surface area contributed by atoms with Gasteiger partial charge in [0.05, 0.1) is 6.61 Å². The summed E-state index contributed by atoms with van der Waals surface area (Å²) in [4.78, 5) is 2.55. The van der Waals surface area contributed by atoms with E-state index in [0.717, 1.165) is 6.54 Å². The molecule has 1 aliphatic carbocycles. The van der Waals surface area contributed by atoms with Crippen LogP contribution in [0.4, 0.5) is 0 Å². The van der Waals surface area contributed by atoms with Gasteiger partial charge in [-0.15, -0.1) is 0 Å². The Morgan fingerprint density at radius 2 is 1.86 bits per heavy atom. The zero-order chi connectivity index (χ0) is 14.7. The summed E-state index contributed by atoms with van der Waals surface area (Å²) >= 11 is 0. The number of hydrogen-bond donors (Lipinski definition) is 1. The summed E-state index contributed by atoms with van der Waals surface area (Å²) in [6.07, 6.45) is 8.52.